The van der Waals surface area contributed by atoms with E-state index in [1.54, 1.807) is 19.3 Å². The van der Waals surface area contributed by atoms with Crippen LogP contribution in [-0.4, -0.2) is 12.9 Å². The van der Waals surface area contributed by atoms with Crippen LogP contribution in [0.1, 0.15) is 5.56 Å². The lowest BCUT2D eigenvalue weighted by Gasteiger charge is -2.02. The molecule has 0 aromatic heterocycles. The number of allylic oxidation sites excluding steroid dienone is 4. The van der Waals surface area contributed by atoms with E-state index in [4.69, 9.17) is 4.74 Å². The Morgan fingerprint density at radius 2 is 1.86 bits per heavy atom. The molecule has 0 heterocycles. The summed E-state index contributed by atoms with van der Waals surface area (Å²) in [6.07, 6.45) is 5.16. The molecule has 0 atom stereocenters. The molecule has 1 aromatic rings. The normalized spacial score (nSPS) is 14.4. The van der Waals surface area contributed by atoms with Crippen molar-refractivity contribution in [3.05, 3.63) is 48.1 Å². The van der Waals surface area contributed by atoms with Crippen LogP contribution in [0, 0.1) is 0 Å². The Balaban J connectivity index is 2.30. The van der Waals surface area contributed by atoms with Gasteiger partial charge in [0.05, 0.1) is 7.11 Å². The van der Waals surface area contributed by atoms with Crippen molar-refractivity contribution < 1.29 is 9.53 Å². The third-order valence-corrected chi connectivity index (χ3v) is 2.18. The first-order valence-corrected chi connectivity index (χ1v) is 4.38. The third-order valence-electron chi connectivity index (χ3n) is 2.18. The summed E-state index contributed by atoms with van der Waals surface area (Å²) in [4.78, 5) is 11.3. The number of ether oxygens (including phenoxy) is 1. The summed E-state index contributed by atoms with van der Waals surface area (Å²) in [5, 5.41) is 0. The second-order valence-electron chi connectivity index (χ2n) is 3.03. The Hall–Kier alpha value is -1.83. The number of rotatable bonds is 2. The fourth-order valence-corrected chi connectivity index (χ4v) is 1.41. The lowest BCUT2D eigenvalue weighted by molar-refractivity contribution is -0.109. The first-order valence-electron chi connectivity index (χ1n) is 4.38. The van der Waals surface area contributed by atoms with Crippen molar-refractivity contribution in [3.8, 4) is 5.75 Å². The second kappa shape index (κ2) is 3.50. The minimum atomic E-state index is 0.0650. The van der Waals surface area contributed by atoms with Crippen molar-refractivity contribution in [3.63, 3.8) is 0 Å². The van der Waals surface area contributed by atoms with Gasteiger partial charge in [-0.1, -0.05) is 24.3 Å². The SMILES string of the molecule is COc1ccc(C2=CC=CC2=O)cc1. The molecular formula is C12H10O2. The number of benzene rings is 1. The molecule has 0 unspecified atom stereocenters. The summed E-state index contributed by atoms with van der Waals surface area (Å²) < 4.78 is 5.04. The molecule has 0 fully saturated rings. The maximum absolute atomic E-state index is 11.3. The average Bonchev–Trinajstić information content (AvgIpc) is 2.65. The maximum atomic E-state index is 11.3. The summed E-state index contributed by atoms with van der Waals surface area (Å²) in [5.74, 6) is 0.864. The highest BCUT2D eigenvalue weighted by atomic mass is 16.5. The molecule has 0 radical (unpaired) electrons. The van der Waals surface area contributed by atoms with Crippen molar-refractivity contribution in [2.24, 2.45) is 0 Å². The van der Waals surface area contributed by atoms with E-state index in [-0.39, 0.29) is 5.78 Å². The Kier molecular flexibility index (Phi) is 2.19. The zero-order chi connectivity index (χ0) is 9.97. The van der Waals surface area contributed by atoms with E-state index < -0.39 is 0 Å². The van der Waals surface area contributed by atoms with E-state index in [0.29, 0.717) is 0 Å². The standard InChI is InChI=1S/C12H10O2/c1-14-10-7-5-9(6-8-10)11-3-2-4-12(11)13/h2-8H,1H3. The number of hydrogen-bond donors (Lipinski definition) is 0. The molecule has 1 aliphatic rings. The Labute approximate surface area is 82.5 Å². The van der Waals surface area contributed by atoms with Gasteiger partial charge in [0.2, 0.25) is 0 Å². The largest absolute Gasteiger partial charge is 0.497 e. The maximum Gasteiger partial charge on any atom is 0.186 e. The summed E-state index contributed by atoms with van der Waals surface area (Å²) in [6, 6.07) is 7.47. The molecule has 0 N–H and O–H groups in total. The predicted molar refractivity (Wildman–Crippen MR) is 55.1 cm³/mol. The molecule has 0 amide bonds. The van der Waals surface area contributed by atoms with E-state index in [0.717, 1.165) is 16.9 Å². The van der Waals surface area contributed by atoms with Gasteiger partial charge in [-0.25, -0.2) is 0 Å². The van der Waals surface area contributed by atoms with Crippen LogP contribution in [0.3, 0.4) is 0 Å². The van der Waals surface area contributed by atoms with E-state index >= 15 is 0 Å². The van der Waals surface area contributed by atoms with Crippen LogP contribution < -0.4 is 4.74 Å². The zero-order valence-electron chi connectivity index (χ0n) is 7.86. The zero-order valence-corrected chi connectivity index (χ0v) is 7.86. The predicted octanol–water partition coefficient (Wildman–Crippen LogP) is 2.22. The van der Waals surface area contributed by atoms with E-state index in [2.05, 4.69) is 0 Å². The molecule has 2 rings (SSSR count). The van der Waals surface area contributed by atoms with Crippen molar-refractivity contribution >= 4 is 11.4 Å². The van der Waals surface area contributed by atoms with Gasteiger partial charge < -0.3 is 4.74 Å². The molecule has 0 bridgehead atoms. The molecule has 14 heavy (non-hydrogen) atoms. The number of hydrogen-bond acceptors (Lipinski definition) is 2. The molecule has 1 aromatic carbocycles. The molecule has 0 saturated heterocycles. The van der Waals surface area contributed by atoms with Gasteiger partial charge in [-0.3, -0.25) is 4.79 Å². The quantitative estimate of drug-likeness (QED) is 0.707. The molecule has 0 spiro atoms. The van der Waals surface area contributed by atoms with Crippen molar-refractivity contribution in [1.82, 2.24) is 0 Å². The summed E-state index contributed by atoms with van der Waals surface area (Å²) in [5.41, 5.74) is 1.67. The highest BCUT2D eigenvalue weighted by Gasteiger charge is 2.11. The van der Waals surface area contributed by atoms with Gasteiger partial charge >= 0.3 is 0 Å². The third kappa shape index (κ3) is 1.46. The second-order valence-corrected chi connectivity index (χ2v) is 3.03. The average molecular weight is 186 g/mol. The number of carbonyl (C=O) groups is 1. The Morgan fingerprint density at radius 3 is 2.36 bits per heavy atom. The molecule has 0 aliphatic heterocycles. The fourth-order valence-electron chi connectivity index (χ4n) is 1.41. The van der Waals surface area contributed by atoms with E-state index in [1.807, 2.05) is 30.3 Å². The smallest absolute Gasteiger partial charge is 0.186 e. The minimum absolute atomic E-state index is 0.0650. The van der Waals surface area contributed by atoms with E-state index in [1.165, 1.54) is 0 Å². The molecule has 2 heteroatoms. The van der Waals surface area contributed by atoms with Crippen molar-refractivity contribution in [2.45, 2.75) is 0 Å². The fraction of sp³-hybridized carbons (Fsp3) is 0.0833. The summed E-state index contributed by atoms with van der Waals surface area (Å²) in [7, 11) is 1.62. The van der Waals surface area contributed by atoms with Gasteiger partial charge in [-0.05, 0) is 23.8 Å². The van der Waals surface area contributed by atoms with Crippen LogP contribution in [0.15, 0.2) is 42.5 Å². The van der Waals surface area contributed by atoms with Gasteiger partial charge in [-0.15, -0.1) is 0 Å². The van der Waals surface area contributed by atoms with Crippen molar-refractivity contribution in [2.75, 3.05) is 7.11 Å². The van der Waals surface area contributed by atoms with Gasteiger partial charge in [0.15, 0.2) is 5.78 Å². The molecule has 70 valence electrons. The lowest BCUT2D eigenvalue weighted by Crippen LogP contribution is -1.93. The highest BCUT2D eigenvalue weighted by molar-refractivity contribution is 6.28. The lowest BCUT2D eigenvalue weighted by atomic mass is 10.0. The van der Waals surface area contributed by atoms with Gasteiger partial charge in [0.1, 0.15) is 5.75 Å². The van der Waals surface area contributed by atoms with Crippen LogP contribution in [0.4, 0.5) is 0 Å². The van der Waals surface area contributed by atoms with Crippen molar-refractivity contribution in [1.29, 1.82) is 0 Å². The van der Waals surface area contributed by atoms with Gasteiger partial charge in [0, 0.05) is 5.57 Å². The molecule has 1 aliphatic carbocycles. The molecular weight excluding hydrogens is 176 g/mol. The summed E-state index contributed by atoms with van der Waals surface area (Å²) in [6.45, 7) is 0. The Bertz CT molecular complexity index is 410. The number of methoxy groups -OCH3 is 1. The summed E-state index contributed by atoms with van der Waals surface area (Å²) >= 11 is 0. The Morgan fingerprint density at radius 1 is 1.14 bits per heavy atom. The van der Waals surface area contributed by atoms with Crippen LogP contribution >= 0.6 is 0 Å². The topological polar surface area (TPSA) is 26.3 Å². The highest BCUT2D eigenvalue weighted by Crippen LogP contribution is 2.22. The minimum Gasteiger partial charge on any atom is -0.497 e. The monoisotopic (exact) mass is 186 g/mol. The first kappa shape index (κ1) is 8.75. The molecule has 0 saturated carbocycles. The van der Waals surface area contributed by atoms with Crippen LogP contribution in [0.25, 0.3) is 5.57 Å². The number of carbonyl (C=O) groups excluding carboxylic acids is 1. The van der Waals surface area contributed by atoms with Gasteiger partial charge in [0.25, 0.3) is 0 Å². The van der Waals surface area contributed by atoms with Crippen LogP contribution in [-0.2, 0) is 4.79 Å². The van der Waals surface area contributed by atoms with Crippen LogP contribution in [0.5, 0.6) is 5.75 Å². The first-order chi connectivity index (χ1) is 6.81. The van der Waals surface area contributed by atoms with Crippen LogP contribution in [0.2, 0.25) is 0 Å². The van der Waals surface area contributed by atoms with E-state index in [9.17, 15) is 4.79 Å². The van der Waals surface area contributed by atoms with Gasteiger partial charge in [-0.2, -0.15) is 0 Å². The number of ketones is 1. The molecule has 2 nitrogen and oxygen atoms in total.